The molecule has 1 heterocycles. The summed E-state index contributed by atoms with van der Waals surface area (Å²) in [6.45, 7) is 5.72. The lowest BCUT2D eigenvalue weighted by Crippen LogP contribution is -2.45. The molecule has 0 amide bonds. The quantitative estimate of drug-likeness (QED) is 0.882. The van der Waals surface area contributed by atoms with Gasteiger partial charge in [-0.05, 0) is 48.9 Å². The van der Waals surface area contributed by atoms with E-state index in [9.17, 15) is 0 Å². The van der Waals surface area contributed by atoms with Crippen LogP contribution in [0.4, 0.5) is 0 Å². The molecule has 0 bridgehead atoms. The van der Waals surface area contributed by atoms with Crippen LogP contribution < -0.4 is 5.32 Å². The van der Waals surface area contributed by atoms with E-state index in [2.05, 4.69) is 60.9 Å². The highest BCUT2D eigenvalue weighted by atomic mass is 32.2. The molecule has 3 heteroatoms. The monoisotopic (exact) mass is 321 g/mol. The number of hydrogen-bond donors (Lipinski definition) is 1. The number of hydrogen-bond acceptors (Lipinski definition) is 3. The Hall–Kier alpha value is -0.120. The normalized spacial score (nSPS) is 26.6. The van der Waals surface area contributed by atoms with Crippen LogP contribution in [0.5, 0.6) is 0 Å². The Morgan fingerprint density at radius 1 is 1.19 bits per heavy atom. The summed E-state index contributed by atoms with van der Waals surface area (Å²) in [4.78, 5) is 0. The first-order chi connectivity index (χ1) is 10.3. The first-order valence-corrected chi connectivity index (χ1v) is 10.4. The van der Waals surface area contributed by atoms with Crippen LogP contribution in [0.2, 0.25) is 0 Å². The van der Waals surface area contributed by atoms with Crippen molar-refractivity contribution in [3.8, 4) is 0 Å². The topological polar surface area (TPSA) is 12.0 Å². The van der Waals surface area contributed by atoms with Crippen LogP contribution in [-0.4, -0.2) is 34.6 Å². The Labute approximate surface area is 138 Å². The Morgan fingerprint density at radius 3 is 2.81 bits per heavy atom. The molecule has 1 nitrogen and oxygen atoms in total. The molecular weight excluding hydrogens is 294 g/mol. The molecule has 1 N–H and O–H groups in total. The van der Waals surface area contributed by atoms with Crippen LogP contribution in [0.15, 0.2) is 18.2 Å². The lowest BCUT2D eigenvalue weighted by Gasteiger charge is -2.35. The van der Waals surface area contributed by atoms with Crippen molar-refractivity contribution in [3.05, 3.63) is 34.9 Å². The molecular formula is C18H27NS2. The summed E-state index contributed by atoms with van der Waals surface area (Å²) >= 11 is 4.33. The van der Waals surface area contributed by atoms with E-state index in [4.69, 9.17) is 0 Å². The van der Waals surface area contributed by atoms with Crippen molar-refractivity contribution in [1.82, 2.24) is 5.32 Å². The second-order valence-electron chi connectivity index (χ2n) is 6.24. The summed E-state index contributed by atoms with van der Waals surface area (Å²) < 4.78 is 0. The highest BCUT2D eigenvalue weighted by molar-refractivity contribution is 8.07. The molecule has 1 aliphatic carbocycles. The highest BCUT2D eigenvalue weighted by Gasteiger charge is 2.30. The molecule has 21 heavy (non-hydrogen) atoms. The molecule has 3 atom stereocenters. The van der Waals surface area contributed by atoms with Crippen LogP contribution in [0.25, 0.3) is 0 Å². The summed E-state index contributed by atoms with van der Waals surface area (Å²) in [6, 6.07) is 7.85. The van der Waals surface area contributed by atoms with Crippen molar-refractivity contribution in [3.63, 3.8) is 0 Å². The average molecular weight is 322 g/mol. The minimum absolute atomic E-state index is 0.613. The lowest BCUT2D eigenvalue weighted by molar-refractivity contribution is 0.500. The minimum atomic E-state index is 0.613. The highest BCUT2D eigenvalue weighted by Crippen LogP contribution is 2.34. The molecule has 0 saturated carbocycles. The van der Waals surface area contributed by atoms with Crippen molar-refractivity contribution in [2.75, 3.05) is 18.1 Å². The number of thioether (sulfide) groups is 2. The molecule has 0 radical (unpaired) electrons. The number of nitrogens with one attached hydrogen (secondary N) is 1. The Bertz CT molecular complexity index is 474. The maximum Gasteiger partial charge on any atom is 0.0320 e. The third-order valence-corrected chi connectivity index (χ3v) is 7.97. The first-order valence-electron chi connectivity index (χ1n) is 8.35. The molecule has 1 aliphatic heterocycles. The van der Waals surface area contributed by atoms with Crippen molar-refractivity contribution in [1.29, 1.82) is 0 Å². The van der Waals surface area contributed by atoms with Gasteiger partial charge in [0, 0.05) is 28.0 Å². The molecule has 1 aromatic rings. The second kappa shape index (κ2) is 7.43. The maximum absolute atomic E-state index is 3.76. The molecule has 0 spiro atoms. The van der Waals surface area contributed by atoms with Crippen molar-refractivity contribution in [2.45, 2.75) is 56.1 Å². The molecule has 0 aromatic heterocycles. The largest absolute Gasteiger partial charge is 0.313 e. The van der Waals surface area contributed by atoms with E-state index in [1.54, 1.807) is 11.1 Å². The van der Waals surface area contributed by atoms with Crippen LogP contribution in [0, 0.1) is 0 Å². The molecule has 3 rings (SSSR count). The second-order valence-corrected chi connectivity index (χ2v) is 9.01. The van der Waals surface area contributed by atoms with Gasteiger partial charge in [0.1, 0.15) is 0 Å². The summed E-state index contributed by atoms with van der Waals surface area (Å²) in [7, 11) is 0. The van der Waals surface area contributed by atoms with Gasteiger partial charge in [0.15, 0.2) is 0 Å². The van der Waals surface area contributed by atoms with Crippen molar-refractivity contribution >= 4 is 23.5 Å². The average Bonchev–Trinajstić information content (AvgIpc) is 2.95. The van der Waals surface area contributed by atoms with E-state index in [0.29, 0.717) is 6.04 Å². The van der Waals surface area contributed by atoms with Gasteiger partial charge >= 0.3 is 0 Å². The minimum Gasteiger partial charge on any atom is -0.313 e. The standard InChI is InChI=1S/C18H27NS2/c1-3-19-17(18-13(2)20-9-10-21-18)12-14-7-8-15-5-4-6-16(15)11-14/h7-8,11,13,17-19H,3-6,9-10,12H2,1-2H3. The van der Waals surface area contributed by atoms with Gasteiger partial charge in [-0.15, -0.1) is 0 Å². The number of fused-ring (bicyclic) bond motifs is 1. The fourth-order valence-corrected chi connectivity index (χ4v) is 6.62. The zero-order chi connectivity index (χ0) is 14.7. The molecule has 3 unspecified atom stereocenters. The zero-order valence-corrected chi connectivity index (χ0v) is 14.9. The van der Waals surface area contributed by atoms with E-state index < -0.39 is 0 Å². The van der Waals surface area contributed by atoms with Crippen LogP contribution >= 0.6 is 23.5 Å². The van der Waals surface area contributed by atoms with Gasteiger partial charge in [-0.3, -0.25) is 0 Å². The van der Waals surface area contributed by atoms with E-state index in [1.807, 2.05) is 0 Å². The van der Waals surface area contributed by atoms with Gasteiger partial charge in [-0.1, -0.05) is 32.0 Å². The van der Waals surface area contributed by atoms with Gasteiger partial charge < -0.3 is 5.32 Å². The van der Waals surface area contributed by atoms with Crippen LogP contribution in [0.3, 0.4) is 0 Å². The third-order valence-electron chi connectivity index (χ3n) is 4.72. The van der Waals surface area contributed by atoms with Gasteiger partial charge in [-0.25, -0.2) is 0 Å². The van der Waals surface area contributed by atoms with E-state index in [0.717, 1.165) is 17.0 Å². The summed E-state index contributed by atoms with van der Waals surface area (Å²) in [5.74, 6) is 2.63. The number of likely N-dealkylation sites (N-methyl/N-ethyl adjacent to an activating group) is 1. The van der Waals surface area contributed by atoms with Gasteiger partial charge in [0.05, 0.1) is 0 Å². The fraction of sp³-hybridized carbons (Fsp3) is 0.667. The maximum atomic E-state index is 3.76. The molecule has 2 aliphatic rings. The molecule has 116 valence electrons. The molecule has 1 fully saturated rings. The predicted molar refractivity (Wildman–Crippen MR) is 97.8 cm³/mol. The first kappa shape index (κ1) is 15.8. The van der Waals surface area contributed by atoms with Gasteiger partial charge in [-0.2, -0.15) is 23.5 Å². The Balaban J connectivity index is 1.72. The summed E-state index contributed by atoms with van der Waals surface area (Å²) in [5.41, 5.74) is 4.74. The predicted octanol–water partition coefficient (Wildman–Crippen LogP) is 3.93. The zero-order valence-electron chi connectivity index (χ0n) is 13.2. The van der Waals surface area contributed by atoms with E-state index >= 15 is 0 Å². The molecule has 1 aromatic carbocycles. The van der Waals surface area contributed by atoms with Crippen LogP contribution in [0.1, 0.15) is 37.0 Å². The summed E-state index contributed by atoms with van der Waals surface area (Å²) in [6.07, 6.45) is 5.11. The van der Waals surface area contributed by atoms with Crippen molar-refractivity contribution < 1.29 is 0 Å². The number of benzene rings is 1. The van der Waals surface area contributed by atoms with Gasteiger partial charge in [0.25, 0.3) is 0 Å². The SMILES string of the molecule is CCNC(Cc1ccc2c(c1)CCC2)C1SCCSC1C. The Morgan fingerprint density at radius 2 is 2.00 bits per heavy atom. The summed E-state index contributed by atoms with van der Waals surface area (Å²) in [5, 5.41) is 5.28. The van der Waals surface area contributed by atoms with E-state index in [-0.39, 0.29) is 0 Å². The lowest BCUT2D eigenvalue weighted by atomic mass is 9.98. The third kappa shape index (κ3) is 3.80. The van der Waals surface area contributed by atoms with Gasteiger partial charge in [0.2, 0.25) is 0 Å². The Kier molecular flexibility index (Phi) is 5.58. The smallest absolute Gasteiger partial charge is 0.0320 e. The molecule has 1 saturated heterocycles. The van der Waals surface area contributed by atoms with Crippen LogP contribution in [-0.2, 0) is 19.3 Å². The number of aryl methyl sites for hydroxylation is 2. The van der Waals surface area contributed by atoms with Crippen molar-refractivity contribution in [2.24, 2.45) is 0 Å². The van der Waals surface area contributed by atoms with E-state index in [1.165, 1.54) is 42.8 Å². The fourth-order valence-electron chi connectivity index (χ4n) is 3.66. The number of rotatable bonds is 5.